The van der Waals surface area contributed by atoms with E-state index in [1.807, 2.05) is 24.3 Å². The molecule has 5 aromatic rings. The van der Waals surface area contributed by atoms with Crippen molar-refractivity contribution in [3.05, 3.63) is 76.2 Å². The maximum Gasteiger partial charge on any atom is 0.183 e. The molecule has 3 heterocycles. The first-order chi connectivity index (χ1) is 13.5. The van der Waals surface area contributed by atoms with Crippen molar-refractivity contribution in [1.29, 1.82) is 0 Å². The number of nitrogens with zero attached hydrogens (tertiary/aromatic N) is 5. The van der Waals surface area contributed by atoms with Gasteiger partial charge in [-0.15, -0.1) is 5.10 Å². The van der Waals surface area contributed by atoms with E-state index in [4.69, 9.17) is 9.97 Å². The van der Waals surface area contributed by atoms with Gasteiger partial charge in [0.05, 0.1) is 5.39 Å². The first kappa shape index (κ1) is 17.1. The summed E-state index contributed by atoms with van der Waals surface area (Å²) >= 11 is 3.60. The molecule has 0 atom stereocenters. The first-order valence-corrected chi connectivity index (χ1v) is 9.89. The highest BCUT2D eigenvalue weighted by atomic mass is 79.9. The molecule has 3 aromatic heterocycles. The molecule has 138 valence electrons. The molecule has 5 rings (SSSR count). The first-order valence-electron chi connectivity index (χ1n) is 9.09. The number of fused-ring (bicyclic) bond motifs is 3. The van der Waals surface area contributed by atoms with Gasteiger partial charge in [0.1, 0.15) is 6.33 Å². The fourth-order valence-corrected chi connectivity index (χ4v) is 4.09. The molecule has 2 aromatic carbocycles. The second kappa shape index (κ2) is 6.27. The minimum atomic E-state index is 0.682. The van der Waals surface area contributed by atoms with Gasteiger partial charge < -0.3 is 0 Å². The molecule has 0 spiro atoms. The number of hydrogen-bond acceptors (Lipinski definition) is 3. The number of aryl methyl sites for hydroxylation is 2. The highest BCUT2D eigenvalue weighted by Gasteiger charge is 2.19. The van der Waals surface area contributed by atoms with Gasteiger partial charge in [-0.2, -0.15) is 0 Å². The number of aromatic nitrogens is 5. The Morgan fingerprint density at radius 1 is 0.893 bits per heavy atom. The zero-order chi connectivity index (χ0) is 19.4. The number of hydrogen-bond donors (Lipinski definition) is 0. The van der Waals surface area contributed by atoms with E-state index in [-0.39, 0.29) is 0 Å². The molecule has 0 aliphatic heterocycles. The summed E-state index contributed by atoms with van der Waals surface area (Å²) in [6, 6.07) is 16.5. The molecular weight excluding hydrogens is 414 g/mol. The summed E-state index contributed by atoms with van der Waals surface area (Å²) in [7, 11) is 0. The molecule has 0 aliphatic carbocycles. The van der Waals surface area contributed by atoms with Crippen molar-refractivity contribution in [3.63, 3.8) is 0 Å². The van der Waals surface area contributed by atoms with Crippen molar-refractivity contribution < 1.29 is 0 Å². The van der Waals surface area contributed by atoms with Gasteiger partial charge in [-0.25, -0.2) is 14.5 Å². The summed E-state index contributed by atoms with van der Waals surface area (Å²) in [6.45, 7) is 6.34. The Morgan fingerprint density at radius 3 is 2.39 bits per heavy atom. The van der Waals surface area contributed by atoms with Crippen molar-refractivity contribution >= 4 is 32.6 Å². The summed E-state index contributed by atoms with van der Waals surface area (Å²) < 4.78 is 4.93. The zero-order valence-corrected chi connectivity index (χ0v) is 17.4. The average molecular weight is 432 g/mol. The standard InChI is InChI=1S/C22H18BrN5/c1-13-8-10-16(11-9-13)28-15(3)14(2)19-21(28)24-12-27-22(19)25-20(26-27)17-6-4-5-7-18(17)23/h4-12H,1-3H3. The Labute approximate surface area is 170 Å². The van der Waals surface area contributed by atoms with Crippen LogP contribution in [-0.2, 0) is 0 Å². The van der Waals surface area contributed by atoms with E-state index in [2.05, 4.69) is 70.6 Å². The fraction of sp³-hybridized carbons (Fsp3) is 0.136. The SMILES string of the molecule is Cc1ccc(-n2c(C)c(C)c3c2ncn2nc(-c4ccccc4Br)nc32)cc1. The summed E-state index contributed by atoms with van der Waals surface area (Å²) in [6.07, 6.45) is 1.74. The van der Waals surface area contributed by atoms with Crippen LogP contribution in [-0.4, -0.2) is 24.1 Å². The Morgan fingerprint density at radius 2 is 1.64 bits per heavy atom. The summed E-state index contributed by atoms with van der Waals surface area (Å²) in [5, 5.41) is 5.70. The predicted molar refractivity (Wildman–Crippen MR) is 115 cm³/mol. The van der Waals surface area contributed by atoms with E-state index in [0.29, 0.717) is 5.82 Å². The van der Waals surface area contributed by atoms with Gasteiger partial charge in [-0.05, 0) is 50.6 Å². The highest BCUT2D eigenvalue weighted by Crippen LogP contribution is 2.32. The average Bonchev–Trinajstić information content (AvgIpc) is 3.23. The van der Waals surface area contributed by atoms with Crippen molar-refractivity contribution in [2.24, 2.45) is 0 Å². The van der Waals surface area contributed by atoms with E-state index >= 15 is 0 Å². The summed E-state index contributed by atoms with van der Waals surface area (Å²) in [4.78, 5) is 9.59. The molecule has 28 heavy (non-hydrogen) atoms. The van der Waals surface area contributed by atoms with Crippen LogP contribution in [0, 0.1) is 20.8 Å². The van der Waals surface area contributed by atoms with Gasteiger partial charge in [0.25, 0.3) is 0 Å². The molecule has 0 fully saturated rings. The zero-order valence-electron chi connectivity index (χ0n) is 15.8. The van der Waals surface area contributed by atoms with Gasteiger partial charge in [0, 0.05) is 21.4 Å². The fourth-order valence-electron chi connectivity index (χ4n) is 3.63. The van der Waals surface area contributed by atoms with Crippen LogP contribution in [0.15, 0.2) is 59.3 Å². The van der Waals surface area contributed by atoms with Gasteiger partial charge >= 0.3 is 0 Å². The third kappa shape index (κ3) is 2.48. The highest BCUT2D eigenvalue weighted by molar-refractivity contribution is 9.10. The molecule has 0 amide bonds. The van der Waals surface area contributed by atoms with E-state index in [1.165, 1.54) is 11.1 Å². The number of rotatable bonds is 2. The van der Waals surface area contributed by atoms with E-state index in [1.54, 1.807) is 10.8 Å². The van der Waals surface area contributed by atoms with Crippen molar-refractivity contribution in [1.82, 2.24) is 24.1 Å². The number of benzene rings is 2. The van der Waals surface area contributed by atoms with Crippen LogP contribution in [0.5, 0.6) is 0 Å². The van der Waals surface area contributed by atoms with Crippen molar-refractivity contribution in [3.8, 4) is 17.1 Å². The van der Waals surface area contributed by atoms with E-state index < -0.39 is 0 Å². The van der Waals surface area contributed by atoms with Gasteiger partial charge in [0.15, 0.2) is 17.1 Å². The Kier molecular flexibility index (Phi) is 3.84. The normalized spacial score (nSPS) is 11.6. The second-order valence-corrected chi connectivity index (χ2v) is 7.86. The Bertz CT molecular complexity index is 1350. The maximum atomic E-state index is 4.86. The molecule has 0 radical (unpaired) electrons. The van der Waals surface area contributed by atoms with Gasteiger partial charge in [-0.1, -0.05) is 45.8 Å². The van der Waals surface area contributed by atoms with Crippen LogP contribution in [0.4, 0.5) is 0 Å². The third-order valence-electron chi connectivity index (χ3n) is 5.24. The smallest absolute Gasteiger partial charge is 0.183 e. The minimum Gasteiger partial charge on any atom is -0.298 e. The quantitative estimate of drug-likeness (QED) is 0.374. The number of halogens is 1. The van der Waals surface area contributed by atoms with Crippen molar-refractivity contribution in [2.75, 3.05) is 0 Å². The lowest BCUT2D eigenvalue weighted by atomic mass is 10.2. The molecule has 0 unspecified atom stereocenters. The lowest BCUT2D eigenvalue weighted by Gasteiger charge is -2.08. The van der Waals surface area contributed by atoms with E-state index in [9.17, 15) is 0 Å². The molecule has 0 bridgehead atoms. The molecule has 0 saturated carbocycles. The topological polar surface area (TPSA) is 48.0 Å². The van der Waals surface area contributed by atoms with Crippen LogP contribution < -0.4 is 0 Å². The van der Waals surface area contributed by atoms with Crippen LogP contribution in [0.3, 0.4) is 0 Å². The Hall–Kier alpha value is -2.99. The summed E-state index contributed by atoms with van der Waals surface area (Å²) in [5.41, 5.74) is 7.35. The van der Waals surface area contributed by atoms with Crippen LogP contribution in [0.2, 0.25) is 0 Å². The predicted octanol–water partition coefficient (Wildman–Crippen LogP) is 5.42. The summed E-state index contributed by atoms with van der Waals surface area (Å²) in [5.74, 6) is 0.682. The lowest BCUT2D eigenvalue weighted by Crippen LogP contribution is -1.99. The molecule has 5 nitrogen and oxygen atoms in total. The van der Waals surface area contributed by atoms with Crippen LogP contribution in [0.1, 0.15) is 16.8 Å². The maximum absolute atomic E-state index is 4.86. The third-order valence-corrected chi connectivity index (χ3v) is 5.93. The van der Waals surface area contributed by atoms with Gasteiger partial charge in [0.2, 0.25) is 0 Å². The second-order valence-electron chi connectivity index (χ2n) is 7.01. The molecule has 0 N–H and O–H groups in total. The van der Waals surface area contributed by atoms with Gasteiger partial charge in [-0.3, -0.25) is 4.57 Å². The lowest BCUT2D eigenvalue weighted by molar-refractivity contribution is 0.926. The van der Waals surface area contributed by atoms with Crippen LogP contribution in [0.25, 0.3) is 33.8 Å². The largest absolute Gasteiger partial charge is 0.298 e. The molecular formula is C22H18BrN5. The molecule has 0 aliphatic rings. The Balaban J connectivity index is 1.80. The van der Waals surface area contributed by atoms with E-state index in [0.717, 1.165) is 38.1 Å². The van der Waals surface area contributed by atoms with Crippen molar-refractivity contribution in [2.45, 2.75) is 20.8 Å². The monoisotopic (exact) mass is 431 g/mol. The molecule has 0 saturated heterocycles. The van der Waals surface area contributed by atoms with Crippen LogP contribution >= 0.6 is 15.9 Å². The molecule has 6 heteroatoms. The minimum absolute atomic E-state index is 0.682.